The molecule has 0 bridgehead atoms. The number of urea groups is 1. The minimum Gasteiger partial charge on any atom is -0.426 e. The summed E-state index contributed by atoms with van der Waals surface area (Å²) in [5, 5.41) is 2.78. The first-order valence-corrected chi connectivity index (χ1v) is 9.12. The molecule has 150 valence electrons. The van der Waals surface area contributed by atoms with Crippen molar-refractivity contribution in [1.82, 2.24) is 4.90 Å². The number of hydrogen-bond acceptors (Lipinski definition) is 6. The van der Waals surface area contributed by atoms with Gasteiger partial charge < -0.3 is 9.64 Å². The molecule has 1 saturated heterocycles. The fourth-order valence-electron chi connectivity index (χ4n) is 3.17. The zero-order valence-corrected chi connectivity index (χ0v) is 16.2. The number of Topliss-reactive ketones (excluding diaryl/α,β-unsaturated/α-hetero) is 1. The van der Waals surface area contributed by atoms with Gasteiger partial charge in [-0.1, -0.05) is 18.2 Å². The van der Waals surface area contributed by atoms with Gasteiger partial charge in [-0.25, -0.2) is 4.79 Å². The van der Waals surface area contributed by atoms with Gasteiger partial charge in [0.1, 0.15) is 16.9 Å². The van der Waals surface area contributed by atoms with E-state index >= 15 is 0 Å². The largest absolute Gasteiger partial charge is 0.426 e. The predicted molar refractivity (Wildman–Crippen MR) is 107 cm³/mol. The lowest BCUT2D eigenvalue weighted by Crippen LogP contribution is -2.57. The van der Waals surface area contributed by atoms with E-state index in [0.717, 1.165) is 0 Å². The van der Waals surface area contributed by atoms with Crippen LogP contribution in [0.2, 0.25) is 0 Å². The molecular weight excluding hydrogens is 374 g/mol. The molecule has 3 rings (SSSR count). The number of esters is 1. The lowest BCUT2D eigenvalue weighted by atomic mass is 9.80. The number of benzene rings is 2. The number of carbonyl (C=O) groups is 3. The van der Waals surface area contributed by atoms with Crippen molar-refractivity contribution in [3.63, 3.8) is 0 Å². The van der Waals surface area contributed by atoms with E-state index in [1.165, 1.54) is 41.0 Å². The van der Waals surface area contributed by atoms with Crippen LogP contribution in [-0.4, -0.2) is 42.8 Å². The van der Waals surface area contributed by atoms with Gasteiger partial charge >= 0.3 is 12.0 Å². The molecule has 1 fully saturated rings. The topological polar surface area (TPSA) is 96.3 Å². The van der Waals surface area contributed by atoms with Crippen molar-refractivity contribution in [2.75, 3.05) is 25.0 Å². The van der Waals surface area contributed by atoms with Gasteiger partial charge in [-0.05, 0) is 48.5 Å². The Balaban J connectivity index is 1.74. The lowest BCUT2D eigenvalue weighted by molar-refractivity contribution is -0.154. The van der Waals surface area contributed by atoms with E-state index in [9.17, 15) is 19.3 Å². The number of amides is 2. The Morgan fingerprint density at radius 2 is 1.76 bits per heavy atom. The summed E-state index contributed by atoms with van der Waals surface area (Å²) in [5.41, 5.74) is -0.569. The molecule has 2 aromatic carbocycles. The number of carbonyl (C=O) groups excluding carboxylic acids is 3. The number of nitroso groups, excluding NO2 is 1. The van der Waals surface area contributed by atoms with Gasteiger partial charge in [0.2, 0.25) is 0 Å². The van der Waals surface area contributed by atoms with E-state index in [2.05, 4.69) is 5.18 Å². The molecule has 0 aliphatic carbocycles. The Kier molecular flexibility index (Phi) is 5.72. The number of ether oxygens (including phenoxy) is 1. The molecule has 0 radical (unpaired) electrons. The van der Waals surface area contributed by atoms with Gasteiger partial charge in [0, 0.05) is 32.2 Å². The van der Waals surface area contributed by atoms with Gasteiger partial charge in [-0.3, -0.25) is 14.5 Å². The second kappa shape index (κ2) is 8.22. The summed E-state index contributed by atoms with van der Waals surface area (Å²) in [6.45, 7) is 1.65. The highest BCUT2D eigenvalue weighted by molar-refractivity contribution is 6.06. The van der Waals surface area contributed by atoms with Crippen LogP contribution in [0.15, 0.2) is 59.8 Å². The molecule has 1 aliphatic heterocycles. The Hall–Kier alpha value is -3.55. The smallest absolute Gasteiger partial charge is 0.326 e. The van der Waals surface area contributed by atoms with E-state index in [4.69, 9.17) is 4.74 Å². The first-order valence-electron chi connectivity index (χ1n) is 9.12. The van der Waals surface area contributed by atoms with Crippen LogP contribution in [0.25, 0.3) is 0 Å². The van der Waals surface area contributed by atoms with Gasteiger partial charge in [-0.15, -0.1) is 4.91 Å². The summed E-state index contributed by atoms with van der Waals surface area (Å²) in [6, 6.07) is 14.5. The van der Waals surface area contributed by atoms with Crippen LogP contribution in [0.3, 0.4) is 0 Å². The van der Waals surface area contributed by atoms with Gasteiger partial charge in [0.15, 0.2) is 5.78 Å². The van der Waals surface area contributed by atoms with Gasteiger partial charge in [0.25, 0.3) is 0 Å². The lowest BCUT2D eigenvalue weighted by Gasteiger charge is -2.38. The number of likely N-dealkylation sites (tertiary alicyclic amines) is 1. The third-order valence-corrected chi connectivity index (χ3v) is 5.04. The maximum Gasteiger partial charge on any atom is 0.326 e. The van der Waals surface area contributed by atoms with Gasteiger partial charge in [0.05, 0.1) is 0 Å². The van der Waals surface area contributed by atoms with Crippen LogP contribution in [0.1, 0.15) is 13.3 Å². The Morgan fingerprint density at radius 3 is 2.38 bits per heavy atom. The molecule has 2 aromatic rings. The van der Waals surface area contributed by atoms with Crippen LogP contribution in [0, 0.1) is 10.3 Å². The Bertz CT molecular complexity index is 929. The molecule has 8 heteroatoms. The standard InChI is InChI=1S/C21H21N3O5/c1-21(19(26)29-17-10-8-15(22-28)9-11-17)14-24(13-12-18(21)25)20(27)23(2)16-6-4-3-5-7-16/h3-11H,12-14H2,1-2H3. The molecular formula is C21H21N3O5. The molecule has 29 heavy (non-hydrogen) atoms. The molecule has 8 nitrogen and oxygen atoms in total. The first kappa shape index (κ1) is 20.2. The number of anilines is 1. The summed E-state index contributed by atoms with van der Waals surface area (Å²) in [6.07, 6.45) is 0.0635. The van der Waals surface area contributed by atoms with Crippen molar-refractivity contribution in [3.05, 3.63) is 59.5 Å². The van der Waals surface area contributed by atoms with E-state index in [-0.39, 0.29) is 42.8 Å². The highest BCUT2D eigenvalue weighted by atomic mass is 16.5. The summed E-state index contributed by atoms with van der Waals surface area (Å²) >= 11 is 0. The van der Waals surface area contributed by atoms with E-state index in [1.807, 2.05) is 18.2 Å². The first-order chi connectivity index (χ1) is 13.8. The van der Waals surface area contributed by atoms with Crippen molar-refractivity contribution < 1.29 is 19.1 Å². The number of para-hydroxylation sites is 1. The van der Waals surface area contributed by atoms with Crippen LogP contribution in [0.4, 0.5) is 16.2 Å². The van der Waals surface area contributed by atoms with Gasteiger partial charge in [-0.2, -0.15) is 0 Å². The number of ketones is 1. The van der Waals surface area contributed by atoms with Crippen molar-refractivity contribution in [1.29, 1.82) is 0 Å². The average molecular weight is 395 g/mol. The third kappa shape index (κ3) is 4.16. The van der Waals surface area contributed by atoms with Crippen molar-refractivity contribution in [2.45, 2.75) is 13.3 Å². The Morgan fingerprint density at radius 1 is 1.10 bits per heavy atom. The highest BCUT2D eigenvalue weighted by Gasteiger charge is 2.48. The number of hydrogen-bond donors (Lipinski definition) is 0. The average Bonchev–Trinajstić information content (AvgIpc) is 2.75. The van der Waals surface area contributed by atoms with Crippen molar-refractivity contribution in [3.8, 4) is 5.75 Å². The minimum atomic E-state index is -1.48. The SMILES string of the molecule is CN(C(=O)N1CCC(=O)C(C)(C(=O)Oc2ccc(N=O)cc2)C1)c1ccccc1. The maximum atomic E-state index is 12.9. The van der Waals surface area contributed by atoms with Crippen LogP contribution in [0.5, 0.6) is 5.75 Å². The maximum absolute atomic E-state index is 12.9. The molecule has 0 saturated carbocycles. The van der Waals surface area contributed by atoms with E-state index in [1.54, 1.807) is 19.2 Å². The second-order valence-electron chi connectivity index (χ2n) is 7.08. The molecule has 0 spiro atoms. The normalized spacial score (nSPS) is 18.8. The molecule has 0 aromatic heterocycles. The fraction of sp³-hybridized carbons (Fsp3) is 0.286. The molecule has 0 N–H and O–H groups in total. The molecule has 1 atom stereocenters. The number of nitrogens with zero attached hydrogens (tertiary/aromatic N) is 3. The zero-order chi connectivity index (χ0) is 21.0. The van der Waals surface area contributed by atoms with E-state index in [0.29, 0.717) is 5.69 Å². The molecule has 1 heterocycles. The van der Waals surface area contributed by atoms with Crippen LogP contribution < -0.4 is 9.64 Å². The van der Waals surface area contributed by atoms with Crippen molar-refractivity contribution >= 4 is 29.2 Å². The number of piperidine rings is 1. The minimum absolute atomic E-state index is 0.0635. The fourth-order valence-corrected chi connectivity index (χ4v) is 3.17. The third-order valence-electron chi connectivity index (χ3n) is 5.04. The van der Waals surface area contributed by atoms with Crippen LogP contribution >= 0.6 is 0 Å². The molecule has 1 unspecified atom stereocenters. The predicted octanol–water partition coefficient (Wildman–Crippen LogP) is 3.53. The second-order valence-corrected chi connectivity index (χ2v) is 7.08. The molecule has 2 amide bonds. The monoisotopic (exact) mass is 395 g/mol. The van der Waals surface area contributed by atoms with Crippen LogP contribution in [-0.2, 0) is 9.59 Å². The summed E-state index contributed by atoms with van der Waals surface area (Å²) in [5.74, 6) is -0.824. The quantitative estimate of drug-likeness (QED) is 0.341. The van der Waals surface area contributed by atoms with Crippen molar-refractivity contribution in [2.24, 2.45) is 10.6 Å². The summed E-state index contributed by atoms with van der Waals surface area (Å²) < 4.78 is 5.34. The zero-order valence-electron chi connectivity index (χ0n) is 16.2. The highest BCUT2D eigenvalue weighted by Crippen LogP contribution is 2.30. The number of rotatable bonds is 4. The summed E-state index contributed by atoms with van der Waals surface area (Å²) in [4.78, 5) is 51.7. The van der Waals surface area contributed by atoms with E-state index < -0.39 is 11.4 Å². The Labute approximate surface area is 168 Å². The summed E-state index contributed by atoms with van der Waals surface area (Å²) in [7, 11) is 1.65. The molecule has 1 aliphatic rings.